The molecule has 1 fully saturated rings. The van der Waals surface area contributed by atoms with Gasteiger partial charge in [0.2, 0.25) is 0 Å². The molecule has 2 nitrogen and oxygen atoms in total. The van der Waals surface area contributed by atoms with E-state index in [1.807, 2.05) is 30.3 Å². The summed E-state index contributed by atoms with van der Waals surface area (Å²) in [6.45, 7) is 0. The zero-order valence-electron chi connectivity index (χ0n) is 11.6. The largest absolute Gasteiger partial charge is 0.441 e. The van der Waals surface area contributed by atoms with E-state index in [0.29, 0.717) is 6.42 Å². The molecule has 4 rings (SSSR count). The van der Waals surface area contributed by atoms with E-state index in [2.05, 4.69) is 29.2 Å². The Labute approximate surface area is 128 Å². The number of aromatic nitrogens is 1. The first-order valence-corrected chi connectivity index (χ1v) is 7.76. The number of rotatable bonds is 4. The van der Waals surface area contributed by atoms with Crippen LogP contribution in [-0.2, 0) is 11.8 Å². The molecule has 3 heteroatoms. The molecule has 0 saturated heterocycles. The Hall–Kier alpha value is -1.80. The molecule has 1 saturated carbocycles. The standard InChI is InChI=1S/C18H16ClNO/c19-16(18(10-11-18)13-6-2-1-3-7-13)12-17-20-14-8-4-5-9-15(14)21-17/h1-9,16H,10-12H2. The van der Waals surface area contributed by atoms with Gasteiger partial charge in [0.15, 0.2) is 11.5 Å². The molecule has 106 valence electrons. The zero-order valence-corrected chi connectivity index (χ0v) is 12.4. The lowest BCUT2D eigenvalue weighted by atomic mass is 9.90. The summed E-state index contributed by atoms with van der Waals surface area (Å²) < 4.78 is 5.80. The average molecular weight is 298 g/mol. The van der Waals surface area contributed by atoms with Gasteiger partial charge in [0.25, 0.3) is 0 Å². The molecule has 3 aromatic rings. The second kappa shape index (κ2) is 4.88. The van der Waals surface area contributed by atoms with Gasteiger partial charge in [-0.05, 0) is 30.5 Å². The maximum absolute atomic E-state index is 6.73. The predicted octanol–water partition coefficient (Wildman–Crippen LogP) is 4.71. The van der Waals surface area contributed by atoms with E-state index in [-0.39, 0.29) is 10.8 Å². The Balaban J connectivity index is 1.59. The van der Waals surface area contributed by atoms with E-state index in [0.717, 1.165) is 29.8 Å². The summed E-state index contributed by atoms with van der Waals surface area (Å²) >= 11 is 6.73. The number of para-hydroxylation sites is 2. The molecule has 1 unspecified atom stereocenters. The fourth-order valence-electron chi connectivity index (χ4n) is 3.04. The van der Waals surface area contributed by atoms with E-state index in [1.54, 1.807) is 0 Å². The highest BCUT2D eigenvalue weighted by molar-refractivity contribution is 6.22. The van der Waals surface area contributed by atoms with Crippen molar-refractivity contribution in [2.75, 3.05) is 0 Å². The van der Waals surface area contributed by atoms with Crippen LogP contribution in [-0.4, -0.2) is 10.4 Å². The van der Waals surface area contributed by atoms with Crippen LogP contribution >= 0.6 is 11.6 Å². The minimum absolute atomic E-state index is 0.0213. The molecule has 1 aromatic heterocycles. The lowest BCUT2D eigenvalue weighted by Crippen LogP contribution is -2.23. The summed E-state index contributed by atoms with van der Waals surface area (Å²) in [7, 11) is 0. The van der Waals surface area contributed by atoms with E-state index in [4.69, 9.17) is 16.0 Å². The van der Waals surface area contributed by atoms with Gasteiger partial charge < -0.3 is 4.42 Å². The number of nitrogens with zero attached hydrogens (tertiary/aromatic N) is 1. The van der Waals surface area contributed by atoms with Crippen LogP contribution in [0.3, 0.4) is 0 Å². The quantitative estimate of drug-likeness (QED) is 0.652. The second-order valence-corrected chi connectivity index (χ2v) is 6.30. The molecule has 0 amide bonds. The monoisotopic (exact) mass is 297 g/mol. The van der Waals surface area contributed by atoms with Crippen molar-refractivity contribution < 1.29 is 4.42 Å². The number of hydrogen-bond acceptors (Lipinski definition) is 2. The van der Waals surface area contributed by atoms with Crippen molar-refractivity contribution in [2.45, 2.75) is 30.1 Å². The van der Waals surface area contributed by atoms with Gasteiger partial charge >= 0.3 is 0 Å². The summed E-state index contributed by atoms with van der Waals surface area (Å²) in [6.07, 6.45) is 2.96. The van der Waals surface area contributed by atoms with E-state index < -0.39 is 0 Å². The van der Waals surface area contributed by atoms with Crippen LogP contribution in [0.4, 0.5) is 0 Å². The Bertz CT molecular complexity index is 728. The minimum Gasteiger partial charge on any atom is -0.441 e. The third-order valence-corrected chi connectivity index (χ3v) is 5.00. The predicted molar refractivity (Wildman–Crippen MR) is 84.7 cm³/mol. The molecule has 2 aromatic carbocycles. The summed E-state index contributed by atoms with van der Waals surface area (Å²) in [5.41, 5.74) is 3.17. The molecule has 1 aliphatic carbocycles. The van der Waals surface area contributed by atoms with Gasteiger partial charge in [-0.15, -0.1) is 11.6 Å². The first-order valence-electron chi connectivity index (χ1n) is 7.32. The summed E-state index contributed by atoms with van der Waals surface area (Å²) in [4.78, 5) is 4.54. The molecular formula is C18H16ClNO. The number of halogens is 1. The van der Waals surface area contributed by atoms with Crippen molar-refractivity contribution in [3.63, 3.8) is 0 Å². The lowest BCUT2D eigenvalue weighted by Gasteiger charge is -2.20. The summed E-state index contributed by atoms with van der Waals surface area (Å²) in [6, 6.07) is 18.4. The van der Waals surface area contributed by atoms with Crippen LogP contribution in [0, 0.1) is 0 Å². The Kier molecular flexibility index (Phi) is 3.00. The molecule has 0 radical (unpaired) electrons. The van der Waals surface area contributed by atoms with Gasteiger partial charge in [-0.1, -0.05) is 42.5 Å². The van der Waals surface area contributed by atoms with Gasteiger partial charge in [-0.3, -0.25) is 0 Å². The third kappa shape index (κ3) is 2.24. The van der Waals surface area contributed by atoms with Crippen molar-refractivity contribution >= 4 is 22.7 Å². The lowest BCUT2D eigenvalue weighted by molar-refractivity contribution is 0.497. The highest BCUT2D eigenvalue weighted by Gasteiger charge is 2.50. The number of oxazole rings is 1. The first-order chi connectivity index (χ1) is 10.3. The second-order valence-electron chi connectivity index (χ2n) is 5.77. The van der Waals surface area contributed by atoms with Crippen molar-refractivity contribution in [2.24, 2.45) is 0 Å². The molecule has 21 heavy (non-hydrogen) atoms. The van der Waals surface area contributed by atoms with Crippen LogP contribution < -0.4 is 0 Å². The molecule has 0 N–H and O–H groups in total. The number of benzene rings is 2. The topological polar surface area (TPSA) is 26.0 Å². The van der Waals surface area contributed by atoms with Crippen LogP contribution in [0.15, 0.2) is 59.0 Å². The molecule has 1 atom stereocenters. The summed E-state index contributed by atoms with van der Waals surface area (Å²) in [5.74, 6) is 0.735. The summed E-state index contributed by atoms with van der Waals surface area (Å²) in [5, 5.41) is 0.0213. The van der Waals surface area contributed by atoms with Crippen LogP contribution in [0.25, 0.3) is 11.1 Å². The van der Waals surface area contributed by atoms with Crippen LogP contribution in [0.2, 0.25) is 0 Å². The van der Waals surface area contributed by atoms with Gasteiger partial charge in [-0.25, -0.2) is 4.98 Å². The number of alkyl halides is 1. The molecular weight excluding hydrogens is 282 g/mol. The highest BCUT2D eigenvalue weighted by Crippen LogP contribution is 2.53. The van der Waals surface area contributed by atoms with Crippen molar-refractivity contribution in [1.29, 1.82) is 0 Å². The van der Waals surface area contributed by atoms with Gasteiger partial charge in [0, 0.05) is 11.8 Å². The average Bonchev–Trinajstić information content (AvgIpc) is 3.23. The maximum Gasteiger partial charge on any atom is 0.196 e. The maximum atomic E-state index is 6.73. The van der Waals surface area contributed by atoms with Gasteiger partial charge in [0.1, 0.15) is 5.52 Å². The van der Waals surface area contributed by atoms with E-state index in [1.165, 1.54) is 5.56 Å². The fourth-order valence-corrected chi connectivity index (χ4v) is 3.52. The highest BCUT2D eigenvalue weighted by atomic mass is 35.5. The van der Waals surface area contributed by atoms with Crippen molar-refractivity contribution in [3.05, 3.63) is 66.1 Å². The minimum atomic E-state index is 0.0213. The zero-order chi connectivity index (χ0) is 14.3. The Morgan fingerprint density at radius 2 is 1.76 bits per heavy atom. The smallest absolute Gasteiger partial charge is 0.196 e. The normalized spacial score (nSPS) is 17.8. The fraction of sp³-hybridized carbons (Fsp3) is 0.278. The van der Waals surface area contributed by atoms with Crippen molar-refractivity contribution in [3.8, 4) is 0 Å². The molecule has 1 heterocycles. The molecule has 0 spiro atoms. The Morgan fingerprint density at radius 1 is 1.05 bits per heavy atom. The van der Waals surface area contributed by atoms with Crippen LogP contribution in [0.5, 0.6) is 0 Å². The number of hydrogen-bond donors (Lipinski definition) is 0. The SMILES string of the molecule is ClC(Cc1nc2ccccc2o1)C1(c2ccccc2)CC1. The first kappa shape index (κ1) is 12.9. The Morgan fingerprint density at radius 3 is 2.48 bits per heavy atom. The van der Waals surface area contributed by atoms with E-state index >= 15 is 0 Å². The third-order valence-electron chi connectivity index (χ3n) is 4.43. The van der Waals surface area contributed by atoms with E-state index in [9.17, 15) is 0 Å². The van der Waals surface area contributed by atoms with Crippen LogP contribution in [0.1, 0.15) is 24.3 Å². The van der Waals surface area contributed by atoms with Gasteiger partial charge in [0.05, 0.1) is 5.38 Å². The molecule has 0 aliphatic heterocycles. The molecule has 1 aliphatic rings. The van der Waals surface area contributed by atoms with Gasteiger partial charge in [-0.2, -0.15) is 0 Å². The molecule has 0 bridgehead atoms. The number of fused-ring (bicyclic) bond motifs is 1. The van der Waals surface area contributed by atoms with Crippen molar-refractivity contribution in [1.82, 2.24) is 4.98 Å².